The molecule has 0 aliphatic heterocycles. The summed E-state index contributed by atoms with van der Waals surface area (Å²) in [4.78, 5) is 15.6. The van der Waals surface area contributed by atoms with Gasteiger partial charge in [-0.05, 0) is 22.4 Å². The molecule has 0 aromatic carbocycles. The number of aromatic nitrogens is 1. The molecule has 1 heterocycles. The predicted octanol–water partition coefficient (Wildman–Crippen LogP) is 3.53. The number of pyridine rings is 1. The summed E-state index contributed by atoms with van der Waals surface area (Å²) in [6.07, 6.45) is 3.42. The lowest BCUT2D eigenvalue weighted by Crippen LogP contribution is -2.14. The molecule has 1 N–H and O–H groups in total. The van der Waals surface area contributed by atoms with Gasteiger partial charge in [0, 0.05) is 24.5 Å². The minimum atomic E-state index is -2.76. The number of amides is 1. The fraction of sp³-hybridized carbons (Fsp3) is 0.385. The highest BCUT2D eigenvalue weighted by Gasteiger charge is 2.20. The second-order valence-electron chi connectivity index (χ2n) is 3.83. The number of halogens is 3. The van der Waals surface area contributed by atoms with Gasteiger partial charge in [-0.3, -0.25) is 4.79 Å². The Bertz CT molecular complexity index is 530. The highest BCUT2D eigenvalue weighted by Crippen LogP contribution is 2.35. The van der Waals surface area contributed by atoms with Gasteiger partial charge in [-0.2, -0.15) is 0 Å². The molecule has 1 aromatic rings. The van der Waals surface area contributed by atoms with E-state index in [0.29, 0.717) is 12.8 Å². The molecule has 0 radical (unpaired) electrons. The first kappa shape index (κ1) is 16.4. The first-order valence-electron chi connectivity index (χ1n) is 5.75. The maximum absolute atomic E-state index is 13.0. The molecule has 4 nitrogen and oxygen atoms in total. The zero-order valence-electron chi connectivity index (χ0n) is 10.8. The molecule has 20 heavy (non-hydrogen) atoms. The van der Waals surface area contributed by atoms with Crippen LogP contribution in [0.15, 0.2) is 10.7 Å². The summed E-state index contributed by atoms with van der Waals surface area (Å²) < 4.78 is 30.9. The van der Waals surface area contributed by atoms with Gasteiger partial charge in [0.1, 0.15) is 4.60 Å². The Morgan fingerprint density at radius 3 is 2.90 bits per heavy atom. The van der Waals surface area contributed by atoms with E-state index in [-0.39, 0.29) is 28.2 Å². The van der Waals surface area contributed by atoms with Crippen molar-refractivity contribution < 1.29 is 18.3 Å². The summed E-state index contributed by atoms with van der Waals surface area (Å²) in [7, 11) is 1.32. The van der Waals surface area contributed by atoms with Gasteiger partial charge in [0.15, 0.2) is 0 Å². The van der Waals surface area contributed by atoms with E-state index in [2.05, 4.69) is 32.2 Å². The monoisotopic (exact) mass is 346 g/mol. The van der Waals surface area contributed by atoms with E-state index >= 15 is 0 Å². The van der Waals surface area contributed by atoms with Crippen molar-refractivity contribution in [1.82, 2.24) is 4.98 Å². The van der Waals surface area contributed by atoms with E-state index in [1.165, 1.54) is 7.11 Å². The van der Waals surface area contributed by atoms with Gasteiger partial charge < -0.3 is 10.1 Å². The normalized spacial score (nSPS) is 10.2. The number of anilines is 1. The number of unbranched alkanes of at least 4 members (excludes halogenated alkanes) is 1. The van der Waals surface area contributed by atoms with Crippen LogP contribution in [-0.4, -0.2) is 18.0 Å². The lowest BCUT2D eigenvalue weighted by atomic mass is 10.2. The van der Waals surface area contributed by atoms with Crippen molar-refractivity contribution in [3.8, 4) is 18.2 Å². The lowest BCUT2D eigenvalue weighted by Gasteiger charge is -2.13. The van der Waals surface area contributed by atoms with Crippen LogP contribution in [0.2, 0.25) is 0 Å². The van der Waals surface area contributed by atoms with E-state index < -0.39 is 12.3 Å². The molecule has 0 atom stereocenters. The van der Waals surface area contributed by atoms with Crippen LogP contribution in [0.1, 0.15) is 31.3 Å². The van der Waals surface area contributed by atoms with Crippen LogP contribution < -0.4 is 10.1 Å². The van der Waals surface area contributed by atoms with Gasteiger partial charge in [0.05, 0.1) is 12.8 Å². The average Bonchev–Trinajstić information content (AvgIpc) is 2.40. The molecule has 0 spiro atoms. The Labute approximate surface area is 124 Å². The quantitative estimate of drug-likeness (QED) is 0.487. The van der Waals surface area contributed by atoms with Crippen LogP contribution in [0.25, 0.3) is 0 Å². The molecule has 108 valence electrons. The Kier molecular flexibility index (Phi) is 6.39. The first-order chi connectivity index (χ1) is 9.49. The molecule has 0 unspecified atom stereocenters. The Hall–Kier alpha value is -1.68. The van der Waals surface area contributed by atoms with Gasteiger partial charge in [-0.1, -0.05) is 0 Å². The van der Waals surface area contributed by atoms with Crippen molar-refractivity contribution in [2.24, 2.45) is 0 Å². The fourth-order valence-corrected chi connectivity index (χ4v) is 1.97. The van der Waals surface area contributed by atoms with Crippen LogP contribution >= 0.6 is 15.9 Å². The minimum Gasteiger partial charge on any atom is -0.481 e. The largest absolute Gasteiger partial charge is 0.481 e. The molecule has 0 bridgehead atoms. The molecular weight excluding hydrogens is 334 g/mol. The lowest BCUT2D eigenvalue weighted by molar-refractivity contribution is -0.116. The third-order valence-electron chi connectivity index (χ3n) is 2.42. The minimum absolute atomic E-state index is 0.0394. The number of alkyl halides is 2. The maximum Gasteiger partial charge on any atom is 0.266 e. The number of carbonyl (C=O) groups is 1. The zero-order chi connectivity index (χ0) is 15.1. The van der Waals surface area contributed by atoms with E-state index in [1.54, 1.807) is 0 Å². The smallest absolute Gasteiger partial charge is 0.266 e. The fourth-order valence-electron chi connectivity index (χ4n) is 1.46. The van der Waals surface area contributed by atoms with Crippen molar-refractivity contribution >= 4 is 27.5 Å². The molecule has 0 saturated carbocycles. The first-order valence-corrected chi connectivity index (χ1v) is 6.54. The number of hydrogen-bond acceptors (Lipinski definition) is 3. The highest BCUT2D eigenvalue weighted by molar-refractivity contribution is 9.10. The zero-order valence-corrected chi connectivity index (χ0v) is 12.3. The van der Waals surface area contributed by atoms with Crippen molar-refractivity contribution in [2.75, 3.05) is 12.4 Å². The number of nitrogens with zero attached hydrogens (tertiary/aromatic N) is 1. The Balaban J connectivity index is 2.93. The van der Waals surface area contributed by atoms with Crippen molar-refractivity contribution in [3.05, 3.63) is 16.2 Å². The second-order valence-corrected chi connectivity index (χ2v) is 4.58. The topological polar surface area (TPSA) is 51.2 Å². The van der Waals surface area contributed by atoms with Crippen LogP contribution in [0.3, 0.4) is 0 Å². The maximum atomic E-state index is 13.0. The van der Waals surface area contributed by atoms with Gasteiger partial charge >= 0.3 is 0 Å². The van der Waals surface area contributed by atoms with Gasteiger partial charge in [-0.15, -0.1) is 12.3 Å². The summed E-state index contributed by atoms with van der Waals surface area (Å²) >= 11 is 3.05. The van der Waals surface area contributed by atoms with E-state index in [0.717, 1.165) is 6.07 Å². The predicted molar refractivity (Wildman–Crippen MR) is 74.8 cm³/mol. The van der Waals surface area contributed by atoms with E-state index in [4.69, 9.17) is 11.2 Å². The second kappa shape index (κ2) is 7.80. The summed E-state index contributed by atoms with van der Waals surface area (Å²) in [6.45, 7) is 0. The molecule has 1 aromatic heterocycles. The van der Waals surface area contributed by atoms with Gasteiger partial charge in [0.2, 0.25) is 11.8 Å². The number of terminal acetylenes is 1. The van der Waals surface area contributed by atoms with E-state index in [9.17, 15) is 13.6 Å². The molecular formula is C13H13BrF2N2O2. The van der Waals surface area contributed by atoms with Crippen LogP contribution in [0.4, 0.5) is 14.5 Å². The van der Waals surface area contributed by atoms with Gasteiger partial charge in [0.25, 0.3) is 6.43 Å². The van der Waals surface area contributed by atoms with Crippen molar-refractivity contribution in [3.63, 3.8) is 0 Å². The summed E-state index contributed by atoms with van der Waals surface area (Å²) in [5.41, 5.74) is -0.402. The van der Waals surface area contributed by atoms with Crippen LogP contribution in [0.5, 0.6) is 5.88 Å². The number of ether oxygens (including phenoxy) is 1. The van der Waals surface area contributed by atoms with Crippen LogP contribution in [-0.2, 0) is 4.79 Å². The Morgan fingerprint density at radius 1 is 1.65 bits per heavy atom. The third-order valence-corrected chi connectivity index (χ3v) is 2.99. The molecule has 0 fully saturated rings. The number of rotatable bonds is 6. The molecule has 1 amide bonds. The number of hydrogen-bond donors (Lipinski definition) is 1. The molecule has 0 aliphatic rings. The standard InChI is InChI=1S/C13H13BrF2N2O2/c1-3-4-5-6-9(19)17-11-8(13(15)16)7-10(20-2)18-12(11)14/h1,7,13H,4-6H2,2H3,(H,17,19). The van der Waals surface area contributed by atoms with E-state index in [1.807, 2.05) is 0 Å². The SMILES string of the molecule is C#CCCCC(=O)Nc1c(C(F)F)cc(OC)nc1Br. The summed E-state index contributed by atoms with van der Waals surface area (Å²) in [5, 5.41) is 2.42. The average molecular weight is 347 g/mol. The summed E-state index contributed by atoms with van der Waals surface area (Å²) in [6, 6.07) is 1.09. The number of methoxy groups -OCH3 is 1. The van der Waals surface area contributed by atoms with Crippen molar-refractivity contribution in [2.45, 2.75) is 25.7 Å². The molecule has 7 heteroatoms. The summed E-state index contributed by atoms with van der Waals surface area (Å²) in [5.74, 6) is 2.05. The Morgan fingerprint density at radius 2 is 2.35 bits per heavy atom. The molecule has 0 aliphatic carbocycles. The van der Waals surface area contributed by atoms with Gasteiger partial charge in [-0.25, -0.2) is 13.8 Å². The highest BCUT2D eigenvalue weighted by atomic mass is 79.9. The van der Waals surface area contributed by atoms with Crippen LogP contribution in [0, 0.1) is 12.3 Å². The number of nitrogens with one attached hydrogen (secondary N) is 1. The molecule has 1 rings (SSSR count). The van der Waals surface area contributed by atoms with Crippen molar-refractivity contribution in [1.29, 1.82) is 0 Å². The molecule has 0 saturated heterocycles. The third kappa shape index (κ3) is 4.46. The number of carbonyl (C=O) groups excluding carboxylic acids is 1.